The number of amides is 3. The molecule has 37 heavy (non-hydrogen) atoms. The summed E-state index contributed by atoms with van der Waals surface area (Å²) in [5.74, 6) is -2.29. The molecular formula is C26H33N5O6. The summed E-state index contributed by atoms with van der Waals surface area (Å²) in [6, 6.07) is 4.98. The van der Waals surface area contributed by atoms with Gasteiger partial charge >= 0.3 is 5.97 Å². The first-order valence-corrected chi connectivity index (χ1v) is 12.1. The number of aromatic nitrogens is 2. The first-order valence-electron chi connectivity index (χ1n) is 12.1. The molecule has 4 N–H and O–H groups in total. The zero-order valence-corrected chi connectivity index (χ0v) is 21.0. The molecule has 11 nitrogen and oxygen atoms in total. The Morgan fingerprint density at radius 3 is 2.54 bits per heavy atom. The molecule has 1 unspecified atom stereocenters. The Morgan fingerprint density at radius 2 is 1.89 bits per heavy atom. The van der Waals surface area contributed by atoms with Crippen molar-refractivity contribution in [2.45, 2.75) is 52.1 Å². The number of hydrogen-bond acceptors (Lipinski definition) is 6. The van der Waals surface area contributed by atoms with Gasteiger partial charge in [0.15, 0.2) is 0 Å². The summed E-state index contributed by atoms with van der Waals surface area (Å²) in [5.41, 5.74) is -0.388. The number of carboxylic acids is 1. The molecule has 0 aliphatic rings. The molecule has 0 aliphatic heterocycles. The van der Waals surface area contributed by atoms with Crippen LogP contribution < -0.4 is 21.5 Å². The van der Waals surface area contributed by atoms with Gasteiger partial charge in [0.1, 0.15) is 18.3 Å². The molecule has 198 valence electrons. The molecule has 0 fully saturated rings. The maximum absolute atomic E-state index is 13.0. The lowest BCUT2D eigenvalue weighted by molar-refractivity contribution is -0.131. The number of nitrogens with zero attached hydrogens (tertiary/aromatic N) is 2. The third kappa shape index (κ3) is 9.71. The molecule has 2 aromatic heterocycles. The van der Waals surface area contributed by atoms with Gasteiger partial charge in [-0.3, -0.25) is 24.2 Å². The van der Waals surface area contributed by atoms with Crippen LogP contribution in [0.1, 0.15) is 49.9 Å². The Kier molecular flexibility index (Phi) is 11.7. The highest BCUT2D eigenvalue weighted by Crippen LogP contribution is 2.08. The highest BCUT2D eigenvalue weighted by Gasteiger charge is 2.22. The van der Waals surface area contributed by atoms with Crippen LogP contribution in [0.15, 0.2) is 59.8 Å². The van der Waals surface area contributed by atoms with Crippen molar-refractivity contribution in [1.29, 1.82) is 0 Å². The molecule has 0 aromatic carbocycles. The first kappa shape index (κ1) is 29.0. The fraction of sp³-hybridized carbons (Fsp3) is 0.385. The van der Waals surface area contributed by atoms with E-state index in [2.05, 4.69) is 20.9 Å². The van der Waals surface area contributed by atoms with E-state index in [0.29, 0.717) is 12.5 Å². The minimum Gasteiger partial charge on any atom is -0.478 e. The number of nitrogens with one attached hydrogen (secondary N) is 3. The van der Waals surface area contributed by atoms with Gasteiger partial charge in [-0.05, 0) is 43.0 Å². The van der Waals surface area contributed by atoms with Crippen LogP contribution in [0, 0.1) is 5.92 Å². The third-order valence-electron chi connectivity index (χ3n) is 5.76. The Labute approximate surface area is 215 Å². The third-order valence-corrected chi connectivity index (χ3v) is 5.76. The molecule has 0 radical (unpaired) electrons. The maximum atomic E-state index is 13.0. The van der Waals surface area contributed by atoms with Crippen molar-refractivity contribution in [3.8, 4) is 0 Å². The van der Waals surface area contributed by atoms with Crippen molar-refractivity contribution < 1.29 is 24.3 Å². The molecule has 0 saturated carbocycles. The molecule has 3 amide bonds. The zero-order valence-electron chi connectivity index (χ0n) is 21.0. The monoisotopic (exact) mass is 511 g/mol. The second-order valence-electron chi connectivity index (χ2n) is 8.42. The maximum Gasteiger partial charge on any atom is 0.327 e. The Morgan fingerprint density at radius 1 is 1.14 bits per heavy atom. The summed E-state index contributed by atoms with van der Waals surface area (Å²) in [6.07, 6.45) is 8.76. The van der Waals surface area contributed by atoms with E-state index in [-0.39, 0.29) is 36.5 Å². The number of carbonyl (C=O) groups excluding carboxylic acids is 3. The molecular weight excluding hydrogens is 478 g/mol. The van der Waals surface area contributed by atoms with E-state index in [9.17, 15) is 24.0 Å². The lowest BCUT2D eigenvalue weighted by Gasteiger charge is -2.18. The lowest BCUT2D eigenvalue weighted by atomic mass is 10.0. The van der Waals surface area contributed by atoms with E-state index in [1.165, 1.54) is 47.4 Å². The molecule has 2 heterocycles. The fourth-order valence-electron chi connectivity index (χ4n) is 3.48. The average molecular weight is 512 g/mol. The SMILES string of the molecule is CCC(CC)CNC(=O)Cn1cccc(NC(=O)C(CCC=CC(=O)O)NC(=O)c2cccnc2)c1=O. The predicted octanol–water partition coefficient (Wildman–Crippen LogP) is 1.95. The summed E-state index contributed by atoms with van der Waals surface area (Å²) in [5, 5.41) is 16.7. The van der Waals surface area contributed by atoms with Gasteiger partial charge in [0.05, 0.1) is 5.56 Å². The van der Waals surface area contributed by atoms with Gasteiger partial charge in [0, 0.05) is 31.2 Å². The molecule has 0 saturated heterocycles. The van der Waals surface area contributed by atoms with Crippen LogP contribution in [0.4, 0.5) is 5.69 Å². The van der Waals surface area contributed by atoms with Crippen molar-refractivity contribution in [1.82, 2.24) is 20.2 Å². The topological polar surface area (TPSA) is 159 Å². The van der Waals surface area contributed by atoms with E-state index in [4.69, 9.17) is 5.11 Å². The van der Waals surface area contributed by atoms with Gasteiger partial charge in [-0.15, -0.1) is 0 Å². The van der Waals surface area contributed by atoms with Gasteiger partial charge in [-0.25, -0.2) is 4.79 Å². The number of anilines is 1. The summed E-state index contributed by atoms with van der Waals surface area (Å²) >= 11 is 0. The van der Waals surface area contributed by atoms with Gasteiger partial charge in [-0.1, -0.05) is 32.8 Å². The number of hydrogen-bond donors (Lipinski definition) is 4. The Bertz CT molecular complexity index is 1160. The van der Waals surface area contributed by atoms with Crippen LogP contribution in [0.2, 0.25) is 0 Å². The summed E-state index contributed by atoms with van der Waals surface area (Å²) in [7, 11) is 0. The van der Waals surface area contributed by atoms with Crippen molar-refractivity contribution in [2.75, 3.05) is 11.9 Å². The van der Waals surface area contributed by atoms with Crippen molar-refractivity contribution in [3.63, 3.8) is 0 Å². The van der Waals surface area contributed by atoms with E-state index < -0.39 is 29.4 Å². The van der Waals surface area contributed by atoms with Crippen LogP contribution in [0.25, 0.3) is 0 Å². The van der Waals surface area contributed by atoms with Crippen LogP contribution in [-0.2, 0) is 20.9 Å². The van der Waals surface area contributed by atoms with Crippen molar-refractivity contribution >= 4 is 29.4 Å². The standard InChI is InChI=1S/C26H33N5O6/c1-3-18(4-2)15-28-22(32)17-31-14-8-11-21(26(31)37)30-25(36)20(10-5-6-12-23(33)34)29-24(35)19-9-7-13-27-16-19/h6-9,11-14,16,18,20H,3-5,10,15,17H2,1-2H3,(H,28,32)(H,29,35)(H,30,36)(H,33,34). The summed E-state index contributed by atoms with van der Waals surface area (Å²) < 4.78 is 1.19. The predicted molar refractivity (Wildman–Crippen MR) is 138 cm³/mol. The highest BCUT2D eigenvalue weighted by atomic mass is 16.4. The van der Waals surface area contributed by atoms with Gasteiger partial charge in [-0.2, -0.15) is 0 Å². The minimum atomic E-state index is -1.13. The largest absolute Gasteiger partial charge is 0.478 e. The first-order chi connectivity index (χ1) is 17.7. The number of carboxylic acid groups (broad SMARTS) is 1. The highest BCUT2D eigenvalue weighted by molar-refractivity contribution is 6.01. The number of rotatable bonds is 14. The fourth-order valence-corrected chi connectivity index (χ4v) is 3.48. The second-order valence-corrected chi connectivity index (χ2v) is 8.42. The molecule has 2 aromatic rings. The molecule has 2 rings (SSSR count). The normalized spacial score (nSPS) is 11.8. The second kappa shape index (κ2) is 15.0. The van der Waals surface area contributed by atoms with E-state index in [1.54, 1.807) is 6.07 Å². The molecule has 0 aliphatic carbocycles. The number of aliphatic carboxylic acids is 1. The number of pyridine rings is 2. The average Bonchev–Trinajstić information content (AvgIpc) is 2.89. The van der Waals surface area contributed by atoms with Crippen LogP contribution in [0.5, 0.6) is 0 Å². The quantitative estimate of drug-likeness (QED) is 0.282. The van der Waals surface area contributed by atoms with Crippen LogP contribution >= 0.6 is 0 Å². The van der Waals surface area contributed by atoms with E-state index in [0.717, 1.165) is 18.9 Å². The number of carbonyl (C=O) groups is 4. The van der Waals surface area contributed by atoms with Crippen molar-refractivity contribution in [2.24, 2.45) is 5.92 Å². The minimum absolute atomic E-state index is 0.0537. The smallest absolute Gasteiger partial charge is 0.327 e. The Hall–Kier alpha value is -4.28. The molecule has 1 atom stereocenters. The molecule has 11 heteroatoms. The summed E-state index contributed by atoms with van der Waals surface area (Å²) in [4.78, 5) is 65.5. The van der Waals surface area contributed by atoms with E-state index >= 15 is 0 Å². The molecule has 0 spiro atoms. The number of allylic oxidation sites excluding steroid dienone is 1. The zero-order chi connectivity index (χ0) is 27.2. The van der Waals surface area contributed by atoms with Crippen molar-refractivity contribution in [3.05, 3.63) is 70.9 Å². The van der Waals surface area contributed by atoms with Gasteiger partial charge < -0.3 is 25.6 Å². The van der Waals surface area contributed by atoms with Crippen LogP contribution in [-0.4, -0.2) is 50.9 Å². The van der Waals surface area contributed by atoms with Crippen LogP contribution in [0.3, 0.4) is 0 Å². The van der Waals surface area contributed by atoms with E-state index in [1.807, 2.05) is 13.8 Å². The van der Waals surface area contributed by atoms with Gasteiger partial charge in [0.2, 0.25) is 11.8 Å². The molecule has 0 bridgehead atoms. The Balaban J connectivity index is 2.12. The summed E-state index contributed by atoms with van der Waals surface area (Å²) in [6.45, 7) is 4.41. The van der Waals surface area contributed by atoms with Gasteiger partial charge in [0.25, 0.3) is 11.5 Å². The lowest BCUT2D eigenvalue weighted by Crippen LogP contribution is -2.44.